The summed E-state index contributed by atoms with van der Waals surface area (Å²) in [6.45, 7) is 0. The summed E-state index contributed by atoms with van der Waals surface area (Å²) in [6, 6.07) is 13.1. The number of aromatic nitrogens is 1. The zero-order chi connectivity index (χ0) is 14.8. The monoisotopic (exact) mass is 280 g/mol. The van der Waals surface area contributed by atoms with E-state index < -0.39 is 5.91 Å². The Morgan fingerprint density at radius 3 is 2.52 bits per heavy atom. The summed E-state index contributed by atoms with van der Waals surface area (Å²) in [7, 11) is 0. The Hall–Kier alpha value is -3.08. The quantitative estimate of drug-likeness (QED) is 0.674. The molecule has 0 aliphatic rings. The Morgan fingerprint density at radius 1 is 1.00 bits per heavy atom. The SMILES string of the molecule is O=C(Nc1ccc2ncccc2c1)c1c(O)cccc1O. The predicted octanol–water partition coefficient (Wildman–Crippen LogP) is 2.90. The summed E-state index contributed by atoms with van der Waals surface area (Å²) in [5.41, 5.74) is 1.23. The van der Waals surface area contributed by atoms with Gasteiger partial charge in [0, 0.05) is 17.3 Å². The van der Waals surface area contributed by atoms with E-state index in [-0.39, 0.29) is 17.1 Å². The molecule has 0 saturated heterocycles. The molecule has 0 bridgehead atoms. The molecule has 1 amide bonds. The van der Waals surface area contributed by atoms with E-state index in [9.17, 15) is 15.0 Å². The van der Waals surface area contributed by atoms with Crippen molar-refractivity contribution in [3.05, 3.63) is 60.3 Å². The number of hydrogen-bond acceptors (Lipinski definition) is 4. The predicted molar refractivity (Wildman–Crippen MR) is 79.5 cm³/mol. The van der Waals surface area contributed by atoms with Crippen molar-refractivity contribution in [3.8, 4) is 11.5 Å². The van der Waals surface area contributed by atoms with Crippen LogP contribution in [0.15, 0.2) is 54.7 Å². The van der Waals surface area contributed by atoms with Crippen molar-refractivity contribution < 1.29 is 15.0 Å². The number of nitrogens with zero attached hydrogens (tertiary/aromatic N) is 1. The number of phenols is 2. The van der Waals surface area contributed by atoms with E-state index >= 15 is 0 Å². The van der Waals surface area contributed by atoms with E-state index in [1.807, 2.05) is 12.1 Å². The normalized spacial score (nSPS) is 10.5. The average Bonchev–Trinajstić information content (AvgIpc) is 2.47. The highest BCUT2D eigenvalue weighted by atomic mass is 16.3. The lowest BCUT2D eigenvalue weighted by Crippen LogP contribution is -2.12. The van der Waals surface area contributed by atoms with Crippen LogP contribution in [0, 0.1) is 0 Å². The Balaban J connectivity index is 1.93. The maximum Gasteiger partial charge on any atom is 0.263 e. The van der Waals surface area contributed by atoms with Gasteiger partial charge >= 0.3 is 0 Å². The number of fused-ring (bicyclic) bond motifs is 1. The number of nitrogens with one attached hydrogen (secondary N) is 1. The van der Waals surface area contributed by atoms with Crippen LogP contribution in [-0.4, -0.2) is 21.1 Å². The summed E-state index contributed by atoms with van der Waals surface area (Å²) in [4.78, 5) is 16.3. The zero-order valence-corrected chi connectivity index (χ0v) is 10.9. The fraction of sp³-hybridized carbons (Fsp3) is 0. The number of amides is 1. The maximum absolute atomic E-state index is 12.1. The molecule has 2 aromatic carbocycles. The van der Waals surface area contributed by atoms with Crippen LogP contribution in [0.25, 0.3) is 10.9 Å². The van der Waals surface area contributed by atoms with E-state index in [1.165, 1.54) is 18.2 Å². The molecule has 0 saturated carbocycles. The molecule has 0 spiro atoms. The van der Waals surface area contributed by atoms with E-state index in [2.05, 4.69) is 10.3 Å². The molecule has 0 unspecified atom stereocenters. The van der Waals surface area contributed by atoms with Crippen LogP contribution in [0.3, 0.4) is 0 Å². The molecule has 5 heteroatoms. The van der Waals surface area contributed by atoms with Gasteiger partial charge in [-0.15, -0.1) is 0 Å². The molecular weight excluding hydrogens is 268 g/mol. The number of phenolic OH excluding ortho intramolecular Hbond substituents is 2. The lowest BCUT2D eigenvalue weighted by Gasteiger charge is -2.09. The lowest BCUT2D eigenvalue weighted by atomic mass is 10.1. The average molecular weight is 280 g/mol. The first-order valence-corrected chi connectivity index (χ1v) is 6.32. The van der Waals surface area contributed by atoms with Gasteiger partial charge in [-0.3, -0.25) is 9.78 Å². The van der Waals surface area contributed by atoms with Crippen LogP contribution in [-0.2, 0) is 0 Å². The van der Waals surface area contributed by atoms with Crippen molar-refractivity contribution in [1.82, 2.24) is 4.98 Å². The fourth-order valence-electron chi connectivity index (χ4n) is 2.11. The molecule has 3 N–H and O–H groups in total. The maximum atomic E-state index is 12.1. The van der Waals surface area contributed by atoms with E-state index in [1.54, 1.807) is 24.4 Å². The number of hydrogen-bond donors (Lipinski definition) is 3. The van der Waals surface area contributed by atoms with Gasteiger partial charge in [-0.05, 0) is 36.4 Å². The molecule has 104 valence electrons. The Kier molecular flexibility index (Phi) is 3.16. The molecule has 0 radical (unpaired) electrons. The summed E-state index contributed by atoms with van der Waals surface area (Å²) >= 11 is 0. The molecule has 0 aliphatic carbocycles. The second-order valence-corrected chi connectivity index (χ2v) is 4.54. The van der Waals surface area contributed by atoms with Gasteiger partial charge in [0.1, 0.15) is 17.1 Å². The Labute approximate surface area is 120 Å². The number of carbonyl (C=O) groups excluding carboxylic acids is 1. The van der Waals surface area contributed by atoms with Gasteiger partial charge in [-0.1, -0.05) is 12.1 Å². The smallest absolute Gasteiger partial charge is 0.263 e. The van der Waals surface area contributed by atoms with Crippen LogP contribution >= 0.6 is 0 Å². The van der Waals surface area contributed by atoms with E-state index in [0.717, 1.165) is 10.9 Å². The van der Waals surface area contributed by atoms with Crippen LogP contribution < -0.4 is 5.32 Å². The summed E-state index contributed by atoms with van der Waals surface area (Å²) in [6.07, 6.45) is 1.70. The summed E-state index contributed by atoms with van der Waals surface area (Å²) in [5.74, 6) is -1.11. The van der Waals surface area contributed by atoms with Crippen molar-refractivity contribution in [2.75, 3.05) is 5.32 Å². The number of rotatable bonds is 2. The molecular formula is C16H12N2O3. The van der Waals surface area contributed by atoms with E-state index in [0.29, 0.717) is 5.69 Å². The number of pyridine rings is 1. The summed E-state index contributed by atoms with van der Waals surface area (Å²) in [5, 5.41) is 22.9. The van der Waals surface area contributed by atoms with Crippen molar-refractivity contribution in [1.29, 1.82) is 0 Å². The molecule has 5 nitrogen and oxygen atoms in total. The van der Waals surface area contributed by atoms with Gasteiger partial charge < -0.3 is 15.5 Å². The Morgan fingerprint density at radius 2 is 1.76 bits per heavy atom. The zero-order valence-electron chi connectivity index (χ0n) is 10.9. The molecule has 3 aromatic rings. The van der Waals surface area contributed by atoms with Crippen LogP contribution in [0.2, 0.25) is 0 Å². The highest BCUT2D eigenvalue weighted by molar-refractivity contribution is 6.08. The standard InChI is InChI=1S/C16H12N2O3/c19-13-4-1-5-14(20)15(13)16(21)18-11-6-7-12-10(9-11)3-2-8-17-12/h1-9,19-20H,(H,18,21). The molecule has 1 aromatic heterocycles. The van der Waals surface area contributed by atoms with Crippen molar-refractivity contribution in [3.63, 3.8) is 0 Å². The second-order valence-electron chi connectivity index (χ2n) is 4.54. The van der Waals surface area contributed by atoms with Gasteiger partial charge in [0.05, 0.1) is 5.52 Å². The topological polar surface area (TPSA) is 82.5 Å². The number of benzene rings is 2. The molecule has 3 rings (SSSR count). The fourth-order valence-corrected chi connectivity index (χ4v) is 2.11. The third-order valence-corrected chi connectivity index (χ3v) is 3.11. The summed E-state index contributed by atoms with van der Waals surface area (Å²) < 4.78 is 0. The first-order valence-electron chi connectivity index (χ1n) is 6.32. The van der Waals surface area contributed by atoms with E-state index in [4.69, 9.17) is 0 Å². The van der Waals surface area contributed by atoms with Crippen LogP contribution in [0.4, 0.5) is 5.69 Å². The van der Waals surface area contributed by atoms with Gasteiger partial charge in [0.25, 0.3) is 5.91 Å². The number of anilines is 1. The largest absolute Gasteiger partial charge is 0.507 e. The highest BCUT2D eigenvalue weighted by Crippen LogP contribution is 2.27. The van der Waals surface area contributed by atoms with Gasteiger partial charge in [-0.25, -0.2) is 0 Å². The number of aromatic hydroxyl groups is 2. The van der Waals surface area contributed by atoms with Crippen molar-refractivity contribution in [2.45, 2.75) is 0 Å². The third-order valence-electron chi connectivity index (χ3n) is 3.11. The first-order chi connectivity index (χ1) is 10.1. The molecule has 0 atom stereocenters. The van der Waals surface area contributed by atoms with Gasteiger partial charge in [0.2, 0.25) is 0 Å². The molecule has 0 aliphatic heterocycles. The van der Waals surface area contributed by atoms with Crippen LogP contribution in [0.1, 0.15) is 10.4 Å². The highest BCUT2D eigenvalue weighted by Gasteiger charge is 2.16. The van der Waals surface area contributed by atoms with Crippen LogP contribution in [0.5, 0.6) is 11.5 Å². The minimum Gasteiger partial charge on any atom is -0.507 e. The van der Waals surface area contributed by atoms with Gasteiger partial charge in [0.15, 0.2) is 0 Å². The molecule has 0 fully saturated rings. The molecule has 21 heavy (non-hydrogen) atoms. The van der Waals surface area contributed by atoms with Gasteiger partial charge in [-0.2, -0.15) is 0 Å². The minimum absolute atomic E-state index is 0.149. The minimum atomic E-state index is -0.575. The van der Waals surface area contributed by atoms with Crippen molar-refractivity contribution >= 4 is 22.5 Å². The number of carbonyl (C=O) groups is 1. The first kappa shape index (κ1) is 12.9. The lowest BCUT2D eigenvalue weighted by molar-refractivity contribution is 0.102. The third kappa shape index (κ3) is 2.49. The second kappa shape index (κ2) is 5.13. The molecule has 1 heterocycles. The van der Waals surface area contributed by atoms with Crippen molar-refractivity contribution in [2.24, 2.45) is 0 Å². The Bertz CT molecular complexity index is 810.